The van der Waals surface area contributed by atoms with Crippen LogP contribution in [0, 0.1) is 13.8 Å². The van der Waals surface area contributed by atoms with E-state index in [4.69, 9.17) is 0 Å². The maximum absolute atomic E-state index is 12.0. The van der Waals surface area contributed by atoms with E-state index in [1.807, 2.05) is 44.2 Å². The van der Waals surface area contributed by atoms with Crippen molar-refractivity contribution in [3.8, 4) is 0 Å². The molecule has 5 heteroatoms. The minimum absolute atomic E-state index is 0.117. The Hall–Kier alpha value is -1.72. The Labute approximate surface area is 122 Å². The van der Waals surface area contributed by atoms with Crippen molar-refractivity contribution in [2.45, 2.75) is 26.4 Å². The van der Waals surface area contributed by atoms with Crippen molar-refractivity contribution in [3.05, 3.63) is 51.5 Å². The molecule has 1 aromatic heterocycles. The zero-order valence-corrected chi connectivity index (χ0v) is 12.4. The summed E-state index contributed by atoms with van der Waals surface area (Å²) < 4.78 is 0. The predicted molar refractivity (Wildman–Crippen MR) is 79.9 cm³/mol. The van der Waals surface area contributed by atoms with Gasteiger partial charge in [-0.2, -0.15) is 0 Å². The zero-order chi connectivity index (χ0) is 14.5. The van der Waals surface area contributed by atoms with E-state index in [9.17, 15) is 9.90 Å². The van der Waals surface area contributed by atoms with Crippen molar-refractivity contribution in [3.63, 3.8) is 0 Å². The maximum Gasteiger partial charge on any atom is 0.263 e. The van der Waals surface area contributed by atoms with Crippen molar-refractivity contribution in [2.75, 3.05) is 6.54 Å². The summed E-state index contributed by atoms with van der Waals surface area (Å²) in [6.07, 6.45) is -0.0622. The number of nitrogens with zero attached hydrogens (tertiary/aromatic N) is 1. The SMILES string of the molecule is Cc1nc(C)c(C(=O)NCCC(O)c2ccccc2)s1. The van der Waals surface area contributed by atoms with Crippen LogP contribution in [0.3, 0.4) is 0 Å². The molecule has 0 aliphatic heterocycles. The topological polar surface area (TPSA) is 62.2 Å². The number of nitrogens with one attached hydrogen (secondary N) is 1. The van der Waals surface area contributed by atoms with Crippen LogP contribution in [-0.4, -0.2) is 22.5 Å². The minimum Gasteiger partial charge on any atom is -0.388 e. The van der Waals surface area contributed by atoms with Gasteiger partial charge in [0.15, 0.2) is 0 Å². The molecule has 0 saturated heterocycles. The third-order valence-electron chi connectivity index (χ3n) is 3.00. The quantitative estimate of drug-likeness (QED) is 0.890. The Balaban J connectivity index is 1.84. The van der Waals surface area contributed by atoms with Crippen LogP contribution in [-0.2, 0) is 0 Å². The molecule has 2 aromatic rings. The molecule has 1 atom stereocenters. The number of hydrogen-bond donors (Lipinski definition) is 2. The molecular formula is C15H18N2O2S. The number of carbonyl (C=O) groups is 1. The molecule has 0 saturated carbocycles. The number of benzene rings is 1. The molecule has 0 bridgehead atoms. The zero-order valence-electron chi connectivity index (χ0n) is 11.6. The van der Waals surface area contributed by atoms with Gasteiger partial charge in [0.25, 0.3) is 5.91 Å². The molecule has 0 aliphatic carbocycles. The highest BCUT2D eigenvalue weighted by atomic mass is 32.1. The van der Waals surface area contributed by atoms with Gasteiger partial charge in [0, 0.05) is 6.54 Å². The summed E-state index contributed by atoms with van der Waals surface area (Å²) in [5, 5.41) is 13.7. The third-order valence-corrected chi connectivity index (χ3v) is 4.07. The van der Waals surface area contributed by atoms with Crippen LogP contribution in [0.4, 0.5) is 0 Å². The smallest absolute Gasteiger partial charge is 0.263 e. The lowest BCUT2D eigenvalue weighted by Crippen LogP contribution is -2.25. The van der Waals surface area contributed by atoms with Crippen LogP contribution >= 0.6 is 11.3 Å². The number of hydrogen-bond acceptors (Lipinski definition) is 4. The average molecular weight is 290 g/mol. The van der Waals surface area contributed by atoms with Crippen molar-refractivity contribution < 1.29 is 9.90 Å². The molecule has 2 rings (SSSR count). The second kappa shape index (κ2) is 6.63. The van der Waals surface area contributed by atoms with Gasteiger partial charge in [-0.15, -0.1) is 11.3 Å². The molecule has 20 heavy (non-hydrogen) atoms. The number of aliphatic hydroxyl groups is 1. The summed E-state index contributed by atoms with van der Waals surface area (Å²) in [5.74, 6) is -0.117. The van der Waals surface area contributed by atoms with E-state index < -0.39 is 6.10 Å². The van der Waals surface area contributed by atoms with Crippen LogP contribution in [0.1, 0.15) is 38.5 Å². The fourth-order valence-electron chi connectivity index (χ4n) is 1.99. The Kier molecular flexibility index (Phi) is 4.87. The summed E-state index contributed by atoms with van der Waals surface area (Å²) in [7, 11) is 0. The van der Waals surface area contributed by atoms with Crippen LogP contribution < -0.4 is 5.32 Å². The van der Waals surface area contributed by atoms with Gasteiger partial charge in [-0.25, -0.2) is 4.98 Å². The molecule has 0 aliphatic rings. The molecule has 0 spiro atoms. The number of thiazole rings is 1. The van der Waals surface area contributed by atoms with E-state index in [-0.39, 0.29) is 5.91 Å². The normalized spacial score (nSPS) is 12.2. The fraction of sp³-hybridized carbons (Fsp3) is 0.333. The Morgan fingerprint density at radius 2 is 2.05 bits per heavy atom. The minimum atomic E-state index is -0.555. The first-order valence-corrected chi connectivity index (χ1v) is 7.35. The first kappa shape index (κ1) is 14.7. The number of amides is 1. The monoisotopic (exact) mass is 290 g/mol. The molecule has 1 amide bonds. The largest absolute Gasteiger partial charge is 0.388 e. The van der Waals surface area contributed by atoms with E-state index >= 15 is 0 Å². The van der Waals surface area contributed by atoms with Gasteiger partial charge in [0.2, 0.25) is 0 Å². The number of aromatic nitrogens is 1. The summed E-state index contributed by atoms with van der Waals surface area (Å²) in [4.78, 5) is 16.9. The second-order valence-corrected chi connectivity index (χ2v) is 5.82. The first-order valence-electron chi connectivity index (χ1n) is 6.53. The number of aliphatic hydroxyl groups excluding tert-OH is 1. The predicted octanol–water partition coefficient (Wildman–Crippen LogP) is 2.61. The highest BCUT2D eigenvalue weighted by Gasteiger charge is 2.14. The first-order chi connectivity index (χ1) is 9.58. The Bertz CT molecular complexity index is 581. The second-order valence-electron chi connectivity index (χ2n) is 4.62. The van der Waals surface area contributed by atoms with Gasteiger partial charge < -0.3 is 10.4 Å². The number of carbonyl (C=O) groups excluding carboxylic acids is 1. The summed E-state index contributed by atoms with van der Waals surface area (Å²) >= 11 is 1.39. The van der Waals surface area contributed by atoms with E-state index in [1.165, 1.54) is 11.3 Å². The van der Waals surface area contributed by atoms with E-state index in [0.717, 1.165) is 16.3 Å². The molecule has 106 valence electrons. The lowest BCUT2D eigenvalue weighted by atomic mass is 10.1. The van der Waals surface area contributed by atoms with Crippen LogP contribution in [0.15, 0.2) is 30.3 Å². The number of aryl methyl sites for hydroxylation is 2. The van der Waals surface area contributed by atoms with E-state index in [0.29, 0.717) is 17.8 Å². The molecule has 0 radical (unpaired) electrons. The van der Waals surface area contributed by atoms with Crippen molar-refractivity contribution in [2.24, 2.45) is 0 Å². The maximum atomic E-state index is 12.0. The van der Waals surface area contributed by atoms with E-state index in [2.05, 4.69) is 10.3 Å². The molecule has 1 heterocycles. The van der Waals surface area contributed by atoms with Gasteiger partial charge >= 0.3 is 0 Å². The van der Waals surface area contributed by atoms with Gasteiger partial charge in [-0.1, -0.05) is 30.3 Å². The fourth-order valence-corrected chi connectivity index (χ4v) is 2.82. The van der Waals surface area contributed by atoms with Gasteiger partial charge in [0.1, 0.15) is 4.88 Å². The van der Waals surface area contributed by atoms with Crippen LogP contribution in [0.2, 0.25) is 0 Å². The summed E-state index contributed by atoms with van der Waals surface area (Å²) in [6, 6.07) is 9.44. The van der Waals surface area contributed by atoms with Crippen LogP contribution in [0.25, 0.3) is 0 Å². The standard InChI is InChI=1S/C15H18N2O2S/c1-10-14(20-11(2)17-10)15(19)16-9-8-13(18)12-6-4-3-5-7-12/h3-7,13,18H,8-9H2,1-2H3,(H,16,19). The summed E-state index contributed by atoms with van der Waals surface area (Å²) in [5.41, 5.74) is 1.63. The van der Waals surface area contributed by atoms with Crippen molar-refractivity contribution >= 4 is 17.2 Å². The average Bonchev–Trinajstić information content (AvgIpc) is 2.78. The molecule has 2 N–H and O–H groups in total. The van der Waals surface area contributed by atoms with Gasteiger partial charge in [0.05, 0.1) is 16.8 Å². The molecule has 4 nitrogen and oxygen atoms in total. The molecule has 1 unspecified atom stereocenters. The van der Waals surface area contributed by atoms with Gasteiger partial charge in [-0.3, -0.25) is 4.79 Å². The number of rotatable bonds is 5. The van der Waals surface area contributed by atoms with Crippen molar-refractivity contribution in [1.29, 1.82) is 0 Å². The highest BCUT2D eigenvalue weighted by molar-refractivity contribution is 7.13. The van der Waals surface area contributed by atoms with E-state index in [1.54, 1.807) is 0 Å². The molecular weight excluding hydrogens is 272 g/mol. The Morgan fingerprint density at radius 3 is 2.65 bits per heavy atom. The summed E-state index contributed by atoms with van der Waals surface area (Å²) in [6.45, 7) is 4.15. The Morgan fingerprint density at radius 1 is 1.35 bits per heavy atom. The third kappa shape index (κ3) is 3.65. The van der Waals surface area contributed by atoms with Gasteiger partial charge in [-0.05, 0) is 25.8 Å². The molecule has 1 aromatic carbocycles. The van der Waals surface area contributed by atoms with Crippen molar-refractivity contribution in [1.82, 2.24) is 10.3 Å². The lowest BCUT2D eigenvalue weighted by Gasteiger charge is -2.11. The lowest BCUT2D eigenvalue weighted by molar-refractivity contribution is 0.0946. The molecule has 0 fully saturated rings. The highest BCUT2D eigenvalue weighted by Crippen LogP contribution is 2.18. The van der Waals surface area contributed by atoms with Crippen LogP contribution in [0.5, 0.6) is 0 Å².